The second-order valence-corrected chi connectivity index (χ2v) is 16.3. The first-order valence-electron chi connectivity index (χ1n) is 15.0. The highest BCUT2D eigenvalue weighted by atomic mass is 35.5. The Labute approximate surface area is 312 Å². The highest BCUT2D eigenvalue weighted by Gasteiger charge is 2.62. The topological polar surface area (TPSA) is 310 Å². The zero-order valence-corrected chi connectivity index (χ0v) is 30.7. The van der Waals surface area contributed by atoms with Crippen LogP contribution in [0, 0.1) is 11.8 Å². The molecule has 1 aromatic heterocycles. The number of carboxylic acids is 2. The van der Waals surface area contributed by atoms with E-state index in [2.05, 4.69) is 20.6 Å². The van der Waals surface area contributed by atoms with Crippen molar-refractivity contribution in [2.75, 3.05) is 24.6 Å². The number of nitrogens with one attached hydrogen (secondary N) is 2. The number of hydrogen-bond donors (Lipinski definition) is 8. The van der Waals surface area contributed by atoms with Gasteiger partial charge in [-0.3, -0.25) is 14.4 Å². The van der Waals surface area contributed by atoms with Crippen molar-refractivity contribution in [3.8, 4) is 11.5 Å². The number of carbonyl (C=O) groups excluding carboxylic acids is 4. The van der Waals surface area contributed by atoms with E-state index >= 15 is 0 Å². The number of urea groups is 1. The molecule has 4 amide bonds. The normalized spacial score (nSPS) is 20.8. The van der Waals surface area contributed by atoms with Crippen LogP contribution in [-0.4, -0.2) is 111 Å². The summed E-state index contributed by atoms with van der Waals surface area (Å²) < 4.78 is -1.51. The van der Waals surface area contributed by atoms with E-state index in [1.807, 2.05) is 5.43 Å². The number of anilines is 1. The zero-order valence-electron chi connectivity index (χ0n) is 27.5. The van der Waals surface area contributed by atoms with Gasteiger partial charge in [-0.25, -0.2) is 24.8 Å². The maximum Gasteiger partial charge on any atom is 0.350 e. The van der Waals surface area contributed by atoms with E-state index in [1.54, 1.807) is 6.92 Å². The number of nitrogens with two attached hydrogens (primary N) is 2. The molecule has 0 bridgehead atoms. The number of hydrazone groups is 1. The number of halogens is 1. The lowest BCUT2D eigenvalue weighted by atomic mass is 9.90. The zero-order chi connectivity index (χ0) is 38.7. The number of aromatic hydroxyl groups is 2. The molecule has 1 aromatic carbocycles. The van der Waals surface area contributed by atoms with Crippen molar-refractivity contribution in [3.05, 3.63) is 33.8 Å². The highest BCUT2D eigenvalue weighted by Crippen LogP contribution is 2.55. The number of phenols is 2. The average Bonchev–Trinajstić information content (AvgIpc) is 3.67. The Morgan fingerprint density at radius 3 is 2.52 bits per heavy atom. The molecular weight excluding hydrogens is 768 g/mol. The van der Waals surface area contributed by atoms with Crippen molar-refractivity contribution < 1.29 is 54.0 Å². The lowest BCUT2D eigenvalue weighted by molar-refractivity contribution is -0.161. The minimum absolute atomic E-state index is 0.0172. The summed E-state index contributed by atoms with van der Waals surface area (Å²) in [6, 6.07) is 1.15. The number of amides is 4. The number of aliphatic carboxylic acids is 2. The van der Waals surface area contributed by atoms with E-state index in [0.717, 1.165) is 40.9 Å². The molecule has 4 rings (SSSR count). The summed E-state index contributed by atoms with van der Waals surface area (Å²) in [7, 11) is 0. The van der Waals surface area contributed by atoms with Crippen LogP contribution in [0.4, 0.5) is 9.93 Å². The molecule has 0 unspecified atom stereocenters. The monoisotopic (exact) mass is 800 g/mol. The molecule has 2 aliphatic heterocycles. The summed E-state index contributed by atoms with van der Waals surface area (Å²) in [4.78, 5) is 85.6. The molecule has 0 aliphatic carbocycles. The summed E-state index contributed by atoms with van der Waals surface area (Å²) in [5.41, 5.74) is 10.0. The minimum atomic E-state index is -1.79. The Kier molecular flexibility index (Phi) is 12.2. The van der Waals surface area contributed by atoms with Gasteiger partial charge in [-0.2, -0.15) is 5.10 Å². The molecule has 2 fully saturated rings. The number of primary amides is 1. The van der Waals surface area contributed by atoms with Crippen LogP contribution in [0.25, 0.3) is 0 Å². The summed E-state index contributed by atoms with van der Waals surface area (Å²) in [6.45, 7) is 4.00. The highest BCUT2D eigenvalue weighted by molar-refractivity contribution is 8.19. The molecule has 0 radical (unpaired) electrons. The van der Waals surface area contributed by atoms with Gasteiger partial charge in [-0.15, -0.1) is 34.9 Å². The number of hydrogen-bond acceptors (Lipinski definition) is 16. The summed E-state index contributed by atoms with van der Waals surface area (Å²) >= 11 is 9.13. The molecule has 52 heavy (non-hydrogen) atoms. The fourth-order valence-corrected chi connectivity index (χ4v) is 8.70. The molecule has 2 aliphatic rings. The Balaban J connectivity index is 1.41. The number of benzene rings is 1. The third-order valence-electron chi connectivity index (χ3n) is 7.64. The predicted molar refractivity (Wildman–Crippen MR) is 191 cm³/mol. The fourth-order valence-electron chi connectivity index (χ4n) is 4.71. The van der Waals surface area contributed by atoms with Gasteiger partial charge in [0.15, 0.2) is 37.9 Å². The number of carbonyl (C=O) groups is 6. The van der Waals surface area contributed by atoms with Gasteiger partial charge in [-0.1, -0.05) is 23.7 Å². The molecular formula is C29H33ClN8O11S3. The maximum absolute atomic E-state index is 13.4. The molecule has 3 heterocycles. The second kappa shape index (κ2) is 15.8. The van der Waals surface area contributed by atoms with Crippen LogP contribution in [-0.2, 0) is 28.8 Å². The molecule has 280 valence electrons. The number of rotatable bonds is 16. The standard InChI is InChI=1S/C29H33ClN8O11S3/c1-11(7-33-21(42)18(35-36-26(31)48)12-4-5-15(39)20(41)17(12)30)8-51-29(25(46)47)10-38-22(43)13(23(38)52-29)6-16(40)19(14-9-50-27(32)34-14)37-49-28(2,3)24(44)45/h4-5,9,11,13,23,39,41H,6-8,10H2,1-3H3,(H2,32,34)(H,33,42)(H,44,45)(H,46,47)(H3,31,36,48)/b35-18+,37-19-/t11-,13+,23+,29+/m0/s1. The van der Waals surface area contributed by atoms with Crippen molar-refractivity contribution >= 4 is 98.6 Å². The van der Waals surface area contributed by atoms with E-state index in [4.69, 9.17) is 27.9 Å². The van der Waals surface area contributed by atoms with E-state index < -0.39 is 78.8 Å². The van der Waals surface area contributed by atoms with Gasteiger partial charge in [0.25, 0.3) is 5.91 Å². The average molecular weight is 801 g/mol. The van der Waals surface area contributed by atoms with Crippen LogP contribution >= 0.6 is 46.5 Å². The summed E-state index contributed by atoms with van der Waals surface area (Å²) in [6.07, 6.45) is -0.389. The molecule has 19 nitrogen and oxygen atoms in total. The quantitative estimate of drug-likeness (QED) is 0.0512. The third-order valence-corrected chi connectivity index (χ3v) is 12.3. The number of fused-ring (bicyclic) bond motifs is 1. The van der Waals surface area contributed by atoms with Crippen LogP contribution < -0.4 is 22.2 Å². The van der Waals surface area contributed by atoms with Gasteiger partial charge >= 0.3 is 18.0 Å². The Hall–Kier alpha value is -4.80. The molecule has 2 saturated heterocycles. The van der Waals surface area contributed by atoms with Gasteiger partial charge in [-0.05, 0) is 37.7 Å². The number of Topliss-reactive ketones (excluding diaryl/α,β-unsaturated/α-hetero) is 1. The lowest BCUT2D eigenvalue weighted by Gasteiger charge is -2.41. The Morgan fingerprint density at radius 2 is 1.92 bits per heavy atom. The first-order valence-corrected chi connectivity index (χ1v) is 18.1. The van der Waals surface area contributed by atoms with Crippen LogP contribution in [0.15, 0.2) is 27.8 Å². The summed E-state index contributed by atoms with van der Waals surface area (Å²) in [5, 5.41) is 49.8. The molecule has 2 aromatic rings. The van der Waals surface area contributed by atoms with Gasteiger partial charge in [0.2, 0.25) is 11.5 Å². The van der Waals surface area contributed by atoms with Crippen LogP contribution in [0.1, 0.15) is 38.4 Å². The van der Waals surface area contributed by atoms with Crippen molar-refractivity contribution in [2.24, 2.45) is 27.8 Å². The largest absolute Gasteiger partial charge is 0.504 e. The number of nitrogen functional groups attached to an aromatic ring is 1. The van der Waals surface area contributed by atoms with Gasteiger partial charge in [0.05, 0.1) is 22.9 Å². The first-order chi connectivity index (χ1) is 24.3. The SMILES string of the molecule is C[C@@H](CNC(=O)/C(=N/NC(N)=O)c1ccc(O)c(O)c1Cl)CS[C@]1(C(=O)O)CN2C(=O)[C@@H](CC(=O)/C(=N\OC(C)(C)C(=O)O)c3csc(N)n3)[C@H]2S1. The fraction of sp³-hybridized carbons (Fsp3) is 0.414. The van der Waals surface area contributed by atoms with Crippen molar-refractivity contribution in [2.45, 2.75) is 42.2 Å². The lowest BCUT2D eigenvalue weighted by Crippen LogP contribution is -2.57. The van der Waals surface area contributed by atoms with E-state index in [9.17, 15) is 49.2 Å². The van der Waals surface area contributed by atoms with Gasteiger partial charge < -0.3 is 46.9 Å². The van der Waals surface area contributed by atoms with Crippen LogP contribution in [0.5, 0.6) is 11.5 Å². The maximum atomic E-state index is 13.4. The van der Waals surface area contributed by atoms with E-state index in [-0.39, 0.29) is 53.3 Å². The van der Waals surface area contributed by atoms with Crippen LogP contribution in [0.2, 0.25) is 5.02 Å². The third kappa shape index (κ3) is 8.62. The summed E-state index contributed by atoms with van der Waals surface area (Å²) in [5.74, 6) is -6.90. The van der Waals surface area contributed by atoms with Crippen molar-refractivity contribution in [3.63, 3.8) is 0 Å². The number of oxime groups is 1. The van der Waals surface area contributed by atoms with Crippen molar-refractivity contribution in [1.29, 1.82) is 0 Å². The number of ketones is 1. The predicted octanol–water partition coefficient (Wildman–Crippen LogP) is 1.20. The smallest absolute Gasteiger partial charge is 0.350 e. The number of aromatic nitrogens is 1. The number of thiazole rings is 1. The second-order valence-electron chi connectivity index (χ2n) is 12.0. The van der Waals surface area contributed by atoms with E-state index in [0.29, 0.717) is 0 Å². The molecule has 10 N–H and O–H groups in total. The van der Waals surface area contributed by atoms with Gasteiger partial charge in [0, 0.05) is 23.9 Å². The van der Waals surface area contributed by atoms with Crippen molar-refractivity contribution in [1.82, 2.24) is 20.6 Å². The number of β-lactam (4-membered cyclic amide) rings is 1. The Morgan fingerprint density at radius 1 is 1.23 bits per heavy atom. The Bertz CT molecular complexity index is 1870. The number of phenolic OH excluding ortho intramolecular Hbond substituents is 2. The van der Waals surface area contributed by atoms with Gasteiger partial charge in [0.1, 0.15) is 5.69 Å². The van der Waals surface area contributed by atoms with E-state index in [1.165, 1.54) is 30.2 Å². The van der Waals surface area contributed by atoms with Crippen LogP contribution in [0.3, 0.4) is 0 Å². The molecule has 0 spiro atoms. The molecule has 0 saturated carbocycles. The number of carboxylic acid groups (broad SMARTS) is 2. The number of thioether (sulfide) groups is 2. The molecule has 4 atom stereocenters. The number of nitrogens with zero attached hydrogens (tertiary/aromatic N) is 4. The minimum Gasteiger partial charge on any atom is -0.504 e. The molecule has 23 heteroatoms. The first kappa shape index (κ1) is 40.0.